The average molecular weight is 247 g/mol. The molecule has 0 aromatic carbocycles. The molecule has 0 bridgehead atoms. The predicted octanol–water partition coefficient (Wildman–Crippen LogP) is 1.04. The lowest BCUT2D eigenvalue weighted by molar-refractivity contribution is -0.136. The summed E-state index contributed by atoms with van der Waals surface area (Å²) in [4.78, 5) is 23.2. The standard InChI is InChI=1S/C11H19ClN2O2/c1-3-13-10(16)11(5-4-6-11)7-14-9(15)8(2)12/h8H,3-7H2,1-2H3,(H,13,16)(H,14,15). The van der Waals surface area contributed by atoms with Crippen molar-refractivity contribution in [3.8, 4) is 0 Å². The number of rotatable bonds is 5. The van der Waals surface area contributed by atoms with Gasteiger partial charge in [0, 0.05) is 13.1 Å². The van der Waals surface area contributed by atoms with E-state index < -0.39 is 10.8 Å². The maximum absolute atomic E-state index is 11.8. The molecule has 2 N–H and O–H groups in total. The highest BCUT2D eigenvalue weighted by Crippen LogP contribution is 2.40. The number of amides is 2. The van der Waals surface area contributed by atoms with Crippen LogP contribution in [0.25, 0.3) is 0 Å². The second-order valence-corrected chi connectivity index (χ2v) is 4.98. The summed E-state index contributed by atoms with van der Waals surface area (Å²) in [5, 5.41) is 5.00. The summed E-state index contributed by atoms with van der Waals surface area (Å²) in [7, 11) is 0. The second kappa shape index (κ2) is 5.53. The van der Waals surface area contributed by atoms with E-state index in [0.29, 0.717) is 13.1 Å². The molecular weight excluding hydrogens is 228 g/mol. The third-order valence-corrected chi connectivity index (χ3v) is 3.29. The minimum absolute atomic E-state index is 0.0452. The fourth-order valence-electron chi connectivity index (χ4n) is 1.83. The van der Waals surface area contributed by atoms with Crippen LogP contribution in [0, 0.1) is 5.41 Å². The van der Waals surface area contributed by atoms with Crippen molar-refractivity contribution in [2.45, 2.75) is 38.5 Å². The molecule has 0 radical (unpaired) electrons. The topological polar surface area (TPSA) is 58.2 Å². The molecule has 1 unspecified atom stereocenters. The van der Waals surface area contributed by atoms with Gasteiger partial charge in [-0.3, -0.25) is 9.59 Å². The van der Waals surface area contributed by atoms with Gasteiger partial charge >= 0.3 is 0 Å². The van der Waals surface area contributed by atoms with Crippen LogP contribution in [0.4, 0.5) is 0 Å². The Morgan fingerprint density at radius 2 is 2.00 bits per heavy atom. The Bertz CT molecular complexity index is 275. The highest BCUT2D eigenvalue weighted by Gasteiger charge is 2.44. The first-order chi connectivity index (χ1) is 7.52. The number of alkyl halides is 1. The first kappa shape index (κ1) is 13.3. The van der Waals surface area contributed by atoms with E-state index in [9.17, 15) is 9.59 Å². The summed E-state index contributed by atoms with van der Waals surface area (Å²) < 4.78 is 0. The van der Waals surface area contributed by atoms with Crippen LogP contribution < -0.4 is 10.6 Å². The van der Waals surface area contributed by atoms with E-state index in [2.05, 4.69) is 10.6 Å². The van der Waals surface area contributed by atoms with Crippen molar-refractivity contribution in [1.29, 1.82) is 0 Å². The van der Waals surface area contributed by atoms with Gasteiger partial charge in [0.1, 0.15) is 5.38 Å². The summed E-state index contributed by atoms with van der Waals surface area (Å²) in [6, 6.07) is 0. The molecule has 5 heteroatoms. The van der Waals surface area contributed by atoms with Crippen molar-refractivity contribution in [1.82, 2.24) is 10.6 Å². The van der Waals surface area contributed by atoms with E-state index in [1.807, 2.05) is 6.92 Å². The monoisotopic (exact) mass is 246 g/mol. The van der Waals surface area contributed by atoms with Crippen LogP contribution in [-0.4, -0.2) is 30.3 Å². The quantitative estimate of drug-likeness (QED) is 0.712. The molecule has 1 rings (SSSR count). The van der Waals surface area contributed by atoms with Crippen LogP contribution in [0.2, 0.25) is 0 Å². The number of nitrogens with one attached hydrogen (secondary N) is 2. The number of carbonyl (C=O) groups excluding carboxylic acids is 2. The highest BCUT2D eigenvalue weighted by atomic mass is 35.5. The second-order valence-electron chi connectivity index (χ2n) is 4.33. The van der Waals surface area contributed by atoms with Crippen LogP contribution in [0.3, 0.4) is 0 Å². The lowest BCUT2D eigenvalue weighted by atomic mass is 9.68. The highest BCUT2D eigenvalue weighted by molar-refractivity contribution is 6.30. The zero-order valence-corrected chi connectivity index (χ0v) is 10.6. The molecule has 4 nitrogen and oxygen atoms in total. The molecule has 1 aliphatic rings. The number of carbonyl (C=O) groups is 2. The first-order valence-corrected chi connectivity index (χ1v) is 6.15. The van der Waals surface area contributed by atoms with Crippen molar-refractivity contribution in [2.24, 2.45) is 5.41 Å². The third kappa shape index (κ3) is 2.88. The Morgan fingerprint density at radius 3 is 2.38 bits per heavy atom. The van der Waals surface area contributed by atoms with Gasteiger partial charge in [0.2, 0.25) is 11.8 Å². The zero-order chi connectivity index (χ0) is 12.2. The maximum Gasteiger partial charge on any atom is 0.237 e. The van der Waals surface area contributed by atoms with Crippen molar-refractivity contribution in [3.63, 3.8) is 0 Å². The van der Waals surface area contributed by atoms with Gasteiger partial charge in [0.05, 0.1) is 5.41 Å². The van der Waals surface area contributed by atoms with Crippen molar-refractivity contribution < 1.29 is 9.59 Å². The van der Waals surface area contributed by atoms with Gasteiger partial charge in [-0.1, -0.05) is 6.42 Å². The molecule has 1 saturated carbocycles. The lowest BCUT2D eigenvalue weighted by Crippen LogP contribution is -2.53. The van der Waals surface area contributed by atoms with Gasteiger partial charge in [-0.15, -0.1) is 11.6 Å². The SMILES string of the molecule is CCNC(=O)C1(CNC(=O)C(C)Cl)CCC1. The van der Waals surface area contributed by atoms with Gasteiger partial charge in [-0.2, -0.15) is 0 Å². The Labute approximate surface area is 101 Å². The summed E-state index contributed by atoms with van der Waals surface area (Å²) in [6.45, 7) is 4.54. The van der Waals surface area contributed by atoms with Crippen molar-refractivity contribution >= 4 is 23.4 Å². The van der Waals surface area contributed by atoms with Crippen LogP contribution in [-0.2, 0) is 9.59 Å². The molecule has 0 aromatic rings. The molecule has 0 aliphatic heterocycles. The first-order valence-electron chi connectivity index (χ1n) is 5.72. The van der Waals surface area contributed by atoms with Crippen LogP contribution in [0.5, 0.6) is 0 Å². The molecule has 1 atom stereocenters. The fourth-order valence-corrected chi connectivity index (χ4v) is 1.91. The van der Waals surface area contributed by atoms with Gasteiger partial charge in [0.25, 0.3) is 0 Å². The molecule has 0 spiro atoms. The maximum atomic E-state index is 11.8. The molecule has 0 heterocycles. The van der Waals surface area contributed by atoms with Gasteiger partial charge in [-0.25, -0.2) is 0 Å². The van der Waals surface area contributed by atoms with Crippen LogP contribution in [0.15, 0.2) is 0 Å². The Balaban J connectivity index is 2.48. The van der Waals surface area contributed by atoms with Gasteiger partial charge < -0.3 is 10.6 Å². The normalized spacial score (nSPS) is 19.4. The number of hydrogen-bond acceptors (Lipinski definition) is 2. The molecule has 1 fully saturated rings. The lowest BCUT2D eigenvalue weighted by Gasteiger charge is -2.40. The predicted molar refractivity (Wildman–Crippen MR) is 63.3 cm³/mol. The molecule has 0 saturated heterocycles. The minimum Gasteiger partial charge on any atom is -0.356 e. The smallest absolute Gasteiger partial charge is 0.237 e. The summed E-state index contributed by atoms with van der Waals surface area (Å²) in [6.07, 6.45) is 2.73. The number of halogens is 1. The van der Waals surface area contributed by atoms with E-state index >= 15 is 0 Å². The molecule has 16 heavy (non-hydrogen) atoms. The summed E-state index contributed by atoms with van der Waals surface area (Å²) in [5.41, 5.74) is -0.391. The number of hydrogen-bond donors (Lipinski definition) is 2. The van der Waals surface area contributed by atoms with Crippen LogP contribution >= 0.6 is 11.6 Å². The average Bonchev–Trinajstić information content (AvgIpc) is 2.16. The summed E-state index contributed by atoms with van der Waals surface area (Å²) in [5.74, 6) is -0.166. The van der Waals surface area contributed by atoms with E-state index in [0.717, 1.165) is 19.3 Å². The molecule has 1 aliphatic carbocycles. The molecule has 2 amide bonds. The van der Waals surface area contributed by atoms with Crippen molar-refractivity contribution in [3.05, 3.63) is 0 Å². The van der Waals surface area contributed by atoms with E-state index in [-0.39, 0.29) is 11.8 Å². The van der Waals surface area contributed by atoms with Crippen LogP contribution in [0.1, 0.15) is 33.1 Å². The van der Waals surface area contributed by atoms with Gasteiger partial charge in [0.15, 0.2) is 0 Å². The largest absolute Gasteiger partial charge is 0.356 e. The van der Waals surface area contributed by atoms with E-state index in [1.54, 1.807) is 6.92 Å². The Kier molecular flexibility index (Phi) is 4.59. The minimum atomic E-state index is -0.550. The zero-order valence-electron chi connectivity index (χ0n) is 9.81. The molecule has 0 aromatic heterocycles. The van der Waals surface area contributed by atoms with Crippen molar-refractivity contribution in [2.75, 3.05) is 13.1 Å². The Hall–Kier alpha value is -0.770. The Morgan fingerprint density at radius 1 is 1.38 bits per heavy atom. The molecule has 92 valence electrons. The third-order valence-electron chi connectivity index (χ3n) is 3.09. The van der Waals surface area contributed by atoms with Gasteiger partial charge in [-0.05, 0) is 26.7 Å². The fraction of sp³-hybridized carbons (Fsp3) is 0.818. The molecular formula is C11H19ClN2O2. The van der Waals surface area contributed by atoms with E-state index in [1.165, 1.54) is 0 Å². The van der Waals surface area contributed by atoms with E-state index in [4.69, 9.17) is 11.6 Å². The summed E-state index contributed by atoms with van der Waals surface area (Å²) >= 11 is 5.65.